The third-order valence-corrected chi connectivity index (χ3v) is 6.08. The monoisotopic (exact) mass is 316 g/mol. The van der Waals surface area contributed by atoms with Gasteiger partial charge in [0.1, 0.15) is 5.25 Å². The van der Waals surface area contributed by atoms with Crippen LogP contribution in [-0.2, 0) is 10.0 Å². The van der Waals surface area contributed by atoms with Crippen LogP contribution in [0.4, 0.5) is 0 Å². The first kappa shape index (κ1) is 10.1. The number of halogens is 1. The number of hydrogen-bond acceptors (Lipinski definition) is 3. The number of hydrogen-bond donors (Lipinski definition) is 1. The van der Waals surface area contributed by atoms with E-state index in [0.29, 0.717) is 6.54 Å². The summed E-state index contributed by atoms with van der Waals surface area (Å²) in [6.07, 6.45) is 2.61. The smallest absolute Gasteiger partial charge is 0.215 e. The summed E-state index contributed by atoms with van der Waals surface area (Å²) >= 11 is 2.17. The average Bonchev–Trinajstić information content (AvgIpc) is 2.77. The number of nitrogens with two attached hydrogens (primary N) is 1. The number of rotatable bonds is 3. The lowest BCUT2D eigenvalue weighted by Gasteiger charge is -2.43. The molecule has 1 aliphatic carbocycles. The van der Waals surface area contributed by atoms with Gasteiger partial charge in [0.15, 0.2) is 0 Å². The Labute approximate surface area is 92.0 Å². The van der Waals surface area contributed by atoms with E-state index in [2.05, 4.69) is 27.5 Å². The van der Waals surface area contributed by atoms with Gasteiger partial charge in [-0.2, -0.15) is 0 Å². The second-order valence-electron chi connectivity index (χ2n) is 3.90. The summed E-state index contributed by atoms with van der Waals surface area (Å²) in [5.74, 6) is 0.818. The van der Waals surface area contributed by atoms with Crippen molar-refractivity contribution in [3.63, 3.8) is 0 Å². The minimum absolute atomic E-state index is 0.0909. The maximum Gasteiger partial charge on any atom is 0.215 e. The molecule has 2 atom stereocenters. The SMILES string of the molecule is NS(=O)(=O)C1CN(CC2CC2)C1I. The number of nitrogens with zero attached hydrogens (tertiary/aromatic N) is 1. The highest BCUT2D eigenvalue weighted by Gasteiger charge is 2.45. The summed E-state index contributed by atoms with van der Waals surface area (Å²) in [6.45, 7) is 1.68. The zero-order valence-electron chi connectivity index (χ0n) is 7.19. The first-order chi connectivity index (χ1) is 5.98. The lowest BCUT2D eigenvalue weighted by molar-refractivity contribution is 0.163. The van der Waals surface area contributed by atoms with E-state index in [-0.39, 0.29) is 9.30 Å². The van der Waals surface area contributed by atoms with Crippen molar-refractivity contribution in [3.05, 3.63) is 0 Å². The van der Waals surface area contributed by atoms with Crippen molar-refractivity contribution in [2.75, 3.05) is 13.1 Å². The number of sulfonamides is 1. The van der Waals surface area contributed by atoms with Gasteiger partial charge in [-0.05, 0) is 18.8 Å². The molecule has 0 amide bonds. The van der Waals surface area contributed by atoms with E-state index in [0.717, 1.165) is 12.5 Å². The Hall–Kier alpha value is 0.600. The molecule has 0 aromatic heterocycles. The van der Waals surface area contributed by atoms with Gasteiger partial charge in [-0.25, -0.2) is 13.6 Å². The molecule has 1 aliphatic heterocycles. The highest BCUT2D eigenvalue weighted by molar-refractivity contribution is 14.1. The molecule has 13 heavy (non-hydrogen) atoms. The van der Waals surface area contributed by atoms with Crippen LogP contribution in [0.25, 0.3) is 0 Å². The molecule has 1 saturated heterocycles. The summed E-state index contributed by atoms with van der Waals surface area (Å²) in [4.78, 5) is 2.20. The van der Waals surface area contributed by atoms with Crippen molar-refractivity contribution < 1.29 is 8.42 Å². The van der Waals surface area contributed by atoms with Gasteiger partial charge in [0.05, 0.1) is 4.05 Å². The molecule has 0 spiro atoms. The van der Waals surface area contributed by atoms with Crippen LogP contribution in [0, 0.1) is 5.92 Å². The Morgan fingerprint density at radius 2 is 2.08 bits per heavy atom. The molecule has 4 nitrogen and oxygen atoms in total. The standard InChI is InChI=1S/C7H13IN2O2S/c8-7-6(13(9,11)12)4-10(7)3-5-1-2-5/h5-7H,1-4H2,(H2,9,11,12). The minimum Gasteiger partial charge on any atom is -0.289 e. The maximum absolute atomic E-state index is 11.0. The molecule has 2 aliphatic rings. The summed E-state index contributed by atoms with van der Waals surface area (Å²) in [6, 6.07) is 0. The first-order valence-electron chi connectivity index (χ1n) is 4.38. The molecule has 0 aromatic rings. The van der Waals surface area contributed by atoms with Crippen LogP contribution in [0.3, 0.4) is 0 Å². The molecule has 1 saturated carbocycles. The Bertz CT molecular complexity index is 302. The van der Waals surface area contributed by atoms with E-state index in [1.165, 1.54) is 12.8 Å². The molecule has 6 heteroatoms. The van der Waals surface area contributed by atoms with E-state index in [1.807, 2.05) is 0 Å². The average molecular weight is 316 g/mol. The van der Waals surface area contributed by atoms with Gasteiger partial charge in [-0.3, -0.25) is 4.90 Å². The molecule has 0 bridgehead atoms. The molecular weight excluding hydrogens is 303 g/mol. The van der Waals surface area contributed by atoms with Crippen LogP contribution in [0.5, 0.6) is 0 Å². The fourth-order valence-electron chi connectivity index (χ4n) is 1.58. The lowest BCUT2D eigenvalue weighted by atomic mass is 10.2. The lowest BCUT2D eigenvalue weighted by Crippen LogP contribution is -2.61. The zero-order chi connectivity index (χ0) is 9.64. The van der Waals surface area contributed by atoms with Crippen molar-refractivity contribution >= 4 is 32.6 Å². The zero-order valence-corrected chi connectivity index (χ0v) is 10.2. The number of likely N-dealkylation sites (tertiary alicyclic amines) is 1. The van der Waals surface area contributed by atoms with Crippen LogP contribution in [0.15, 0.2) is 0 Å². The molecule has 0 aromatic carbocycles. The van der Waals surface area contributed by atoms with E-state index >= 15 is 0 Å². The van der Waals surface area contributed by atoms with Crippen molar-refractivity contribution in [1.29, 1.82) is 0 Å². The van der Waals surface area contributed by atoms with Crippen LogP contribution < -0.4 is 5.14 Å². The van der Waals surface area contributed by atoms with Crippen molar-refractivity contribution in [2.45, 2.75) is 22.1 Å². The molecule has 2 unspecified atom stereocenters. The largest absolute Gasteiger partial charge is 0.289 e. The topological polar surface area (TPSA) is 63.4 Å². The quantitative estimate of drug-likeness (QED) is 0.457. The van der Waals surface area contributed by atoms with Gasteiger partial charge in [0.2, 0.25) is 10.0 Å². The van der Waals surface area contributed by atoms with Gasteiger partial charge in [0.25, 0.3) is 0 Å². The van der Waals surface area contributed by atoms with Crippen molar-refractivity contribution in [3.8, 4) is 0 Å². The predicted molar refractivity (Wildman–Crippen MR) is 59.0 cm³/mol. The Kier molecular flexibility index (Phi) is 2.59. The fourth-order valence-corrected chi connectivity index (χ4v) is 4.38. The fraction of sp³-hybridized carbons (Fsp3) is 1.00. The molecular formula is C7H13IN2O2S. The van der Waals surface area contributed by atoms with E-state index in [9.17, 15) is 8.42 Å². The Morgan fingerprint density at radius 1 is 1.46 bits per heavy atom. The van der Waals surface area contributed by atoms with Gasteiger partial charge in [-0.1, -0.05) is 22.6 Å². The highest BCUT2D eigenvalue weighted by atomic mass is 127. The summed E-state index contributed by atoms with van der Waals surface area (Å²) in [5.41, 5.74) is 0. The summed E-state index contributed by atoms with van der Waals surface area (Å²) < 4.78 is 22.1. The molecule has 1 heterocycles. The molecule has 2 fully saturated rings. The van der Waals surface area contributed by atoms with Crippen molar-refractivity contribution in [2.24, 2.45) is 11.1 Å². The van der Waals surface area contributed by atoms with E-state index < -0.39 is 10.0 Å². The van der Waals surface area contributed by atoms with Gasteiger partial charge >= 0.3 is 0 Å². The second kappa shape index (κ2) is 3.32. The van der Waals surface area contributed by atoms with E-state index in [1.54, 1.807) is 0 Å². The predicted octanol–water partition coefficient (Wildman–Crippen LogP) is 0.130. The Morgan fingerprint density at radius 3 is 2.46 bits per heavy atom. The maximum atomic E-state index is 11.0. The summed E-state index contributed by atoms with van der Waals surface area (Å²) in [5, 5.41) is 4.74. The third-order valence-electron chi connectivity index (χ3n) is 2.68. The van der Waals surface area contributed by atoms with Crippen LogP contribution in [0.2, 0.25) is 0 Å². The Balaban J connectivity index is 1.88. The normalized spacial score (nSPS) is 35.8. The highest BCUT2D eigenvalue weighted by Crippen LogP contribution is 2.36. The van der Waals surface area contributed by atoms with Gasteiger partial charge < -0.3 is 0 Å². The molecule has 0 radical (unpaired) electrons. The number of alkyl halides is 1. The van der Waals surface area contributed by atoms with Crippen molar-refractivity contribution in [1.82, 2.24) is 4.90 Å². The van der Waals surface area contributed by atoms with Crippen LogP contribution >= 0.6 is 22.6 Å². The van der Waals surface area contributed by atoms with Crippen LogP contribution in [0.1, 0.15) is 12.8 Å². The first-order valence-corrected chi connectivity index (χ1v) is 7.24. The van der Waals surface area contributed by atoms with E-state index in [4.69, 9.17) is 5.14 Å². The third kappa shape index (κ3) is 2.16. The minimum atomic E-state index is -3.31. The van der Waals surface area contributed by atoms with Gasteiger partial charge in [-0.15, -0.1) is 0 Å². The summed E-state index contributed by atoms with van der Waals surface area (Å²) in [7, 11) is -3.31. The molecule has 76 valence electrons. The van der Waals surface area contributed by atoms with Gasteiger partial charge in [0, 0.05) is 13.1 Å². The molecule has 2 rings (SSSR count). The van der Waals surface area contributed by atoms with Crippen LogP contribution in [-0.4, -0.2) is 35.7 Å². The molecule has 2 N–H and O–H groups in total. The number of primary sulfonamides is 1. The second-order valence-corrected chi connectivity index (χ2v) is 6.96.